The molecule has 3 aromatic heterocycles. The Bertz CT molecular complexity index is 3220. The van der Waals surface area contributed by atoms with Gasteiger partial charge >= 0.3 is 6.01 Å². The van der Waals surface area contributed by atoms with E-state index in [0.29, 0.717) is 76.0 Å². The van der Waals surface area contributed by atoms with E-state index in [1.807, 2.05) is 44.5 Å². The van der Waals surface area contributed by atoms with Crippen molar-refractivity contribution in [3.8, 4) is 28.3 Å². The van der Waals surface area contributed by atoms with Crippen LogP contribution < -0.4 is 24.6 Å². The van der Waals surface area contributed by atoms with Crippen LogP contribution in [-0.4, -0.2) is 154 Å². The number of aliphatic hydroxyl groups is 1. The summed E-state index contributed by atoms with van der Waals surface area (Å²) in [5.41, 5.74) is 8.14. The summed E-state index contributed by atoms with van der Waals surface area (Å²) in [5.74, 6) is 0.171. The number of β-amino-alcohol motifs (C(OH)–C–C–N with tert-alkyl or cyclic N) is 1. The second kappa shape index (κ2) is 24.3. The largest absolute Gasteiger partial charge is 0.491 e. The maximum absolute atomic E-state index is 14.0. The van der Waals surface area contributed by atoms with E-state index < -0.39 is 18.1 Å². The van der Waals surface area contributed by atoms with Gasteiger partial charge in [0.25, 0.3) is 0 Å². The predicted octanol–water partition coefficient (Wildman–Crippen LogP) is 6.60. The van der Waals surface area contributed by atoms with E-state index in [-0.39, 0.29) is 80.4 Å². The molecular weight excluding hydrogens is 1020 g/mol. The van der Waals surface area contributed by atoms with Crippen LogP contribution in [0, 0.1) is 31.1 Å². The number of thiazole rings is 1. The monoisotopic (exact) mass is 1090 g/mol. The molecule has 79 heavy (non-hydrogen) atoms. The molecule has 0 aliphatic carbocycles. The molecule has 0 radical (unpaired) electrons. The van der Waals surface area contributed by atoms with Gasteiger partial charge in [0.05, 0.1) is 71.4 Å². The van der Waals surface area contributed by atoms with Gasteiger partial charge in [-0.1, -0.05) is 74.1 Å². The zero-order valence-corrected chi connectivity index (χ0v) is 46.4. The molecule has 3 fully saturated rings. The van der Waals surface area contributed by atoms with E-state index in [2.05, 4.69) is 92.3 Å². The van der Waals surface area contributed by atoms with Crippen molar-refractivity contribution in [2.24, 2.45) is 5.92 Å². The topological polar surface area (TPSA) is 216 Å². The molecule has 6 aromatic rings. The number of aryl methyl sites for hydroxylation is 2. The van der Waals surface area contributed by atoms with Crippen molar-refractivity contribution in [3.63, 3.8) is 0 Å². The molecule has 3 amide bonds. The molecule has 3 aromatic carbocycles. The van der Waals surface area contributed by atoms with Crippen LogP contribution in [0.5, 0.6) is 11.8 Å². The van der Waals surface area contributed by atoms with Crippen molar-refractivity contribution < 1.29 is 38.2 Å². The van der Waals surface area contributed by atoms with E-state index in [1.165, 1.54) is 33.1 Å². The van der Waals surface area contributed by atoms with E-state index in [0.717, 1.165) is 51.0 Å². The Morgan fingerprint density at radius 2 is 1.80 bits per heavy atom. The van der Waals surface area contributed by atoms with Crippen LogP contribution in [0.1, 0.15) is 73.0 Å². The number of nitrogens with one attached hydrogen (secondary N) is 1. The standard InChI is InChI=1S/C59H69N11O8S/c1-7-53(72)69-22-21-68(30-42(69)17-19-60)56-47-18-20-67(49-14-10-12-39-11-8-9-13-46(39)49)33-48(47)63-59(64-56)77-34-43-27-45(32-66(43)6)75-23-24-76-51-26-40(55-38(5)62-35-79-55)15-16-41(51)29-61-57(73)50-28-44(71)31-70(50)58(74)54(36(2)3)52-25-37(4)65-78-52/h7-16,25-26,35-36,42-45,50,54,71H,1,17-18,20-24,27-34H2,2-6H3,(H,61,73)/t42-,43-,44+,45+,50-,54+/m0/s1. The Labute approximate surface area is 464 Å². The maximum atomic E-state index is 14.0. The number of amides is 3. The molecule has 4 aliphatic rings. The third-order valence-corrected chi connectivity index (χ3v) is 16.7. The molecule has 10 rings (SSSR count). The number of aromatic nitrogens is 4. The number of carbonyl (C=O) groups is 3. The van der Waals surface area contributed by atoms with Gasteiger partial charge in [0.15, 0.2) is 0 Å². The van der Waals surface area contributed by atoms with Gasteiger partial charge in [-0.3, -0.25) is 19.3 Å². The van der Waals surface area contributed by atoms with Crippen LogP contribution in [0.4, 0.5) is 11.5 Å². The van der Waals surface area contributed by atoms with Crippen LogP contribution in [-0.2, 0) is 38.6 Å². The van der Waals surface area contributed by atoms with Gasteiger partial charge in [-0.05, 0) is 68.8 Å². The van der Waals surface area contributed by atoms with Gasteiger partial charge in [0.2, 0.25) is 17.7 Å². The molecule has 4 aliphatic heterocycles. The molecule has 3 saturated heterocycles. The van der Waals surface area contributed by atoms with Crippen molar-refractivity contribution in [3.05, 3.63) is 119 Å². The fourth-order valence-corrected chi connectivity index (χ4v) is 12.4. The Hall–Kier alpha value is -7.44. The molecule has 0 saturated carbocycles. The number of carbonyl (C=O) groups excluding carboxylic acids is 3. The van der Waals surface area contributed by atoms with Gasteiger partial charge in [-0.15, -0.1) is 11.3 Å². The minimum atomic E-state index is -0.870. The van der Waals surface area contributed by atoms with Crippen molar-refractivity contribution in [2.45, 2.75) is 103 Å². The minimum absolute atomic E-state index is 0.0130. The number of nitrogens with zero attached hydrogens (tertiary/aromatic N) is 10. The van der Waals surface area contributed by atoms with Gasteiger partial charge in [-0.2, -0.15) is 15.2 Å². The summed E-state index contributed by atoms with van der Waals surface area (Å²) in [5, 5.41) is 29.9. The van der Waals surface area contributed by atoms with Crippen LogP contribution >= 0.6 is 11.3 Å². The van der Waals surface area contributed by atoms with Crippen molar-refractivity contribution >= 4 is 51.3 Å². The first-order valence-corrected chi connectivity index (χ1v) is 28.1. The van der Waals surface area contributed by atoms with Gasteiger partial charge < -0.3 is 48.8 Å². The van der Waals surface area contributed by atoms with Crippen LogP contribution in [0.15, 0.2) is 89.4 Å². The van der Waals surface area contributed by atoms with E-state index in [1.54, 1.807) is 17.9 Å². The molecule has 6 atom stereocenters. The summed E-state index contributed by atoms with van der Waals surface area (Å²) in [6, 6.07) is 23.8. The predicted molar refractivity (Wildman–Crippen MR) is 300 cm³/mol. The third kappa shape index (κ3) is 12.1. The molecular formula is C59H69N11O8S. The second-order valence-corrected chi connectivity index (χ2v) is 22.3. The Balaban J connectivity index is 0.790. The lowest BCUT2D eigenvalue weighted by molar-refractivity contribution is -0.141. The zero-order valence-electron chi connectivity index (χ0n) is 45.5. The number of likely N-dealkylation sites (tertiary alicyclic amines) is 2. The number of aliphatic hydroxyl groups excluding tert-OH is 1. The van der Waals surface area contributed by atoms with E-state index in [9.17, 15) is 24.8 Å². The lowest BCUT2D eigenvalue weighted by Gasteiger charge is -2.42. The van der Waals surface area contributed by atoms with Crippen LogP contribution in [0.25, 0.3) is 21.2 Å². The fourth-order valence-electron chi connectivity index (χ4n) is 11.6. The average molecular weight is 1090 g/mol. The maximum Gasteiger partial charge on any atom is 0.318 e. The number of nitriles is 1. The molecule has 19 nitrogen and oxygen atoms in total. The van der Waals surface area contributed by atoms with Gasteiger partial charge in [0.1, 0.15) is 42.5 Å². The summed E-state index contributed by atoms with van der Waals surface area (Å²) >= 11 is 1.54. The number of rotatable bonds is 19. The number of anilines is 2. The Morgan fingerprint density at radius 1 is 0.962 bits per heavy atom. The van der Waals surface area contributed by atoms with Crippen molar-refractivity contribution in [2.75, 3.05) is 75.9 Å². The number of hydrogen-bond donors (Lipinski definition) is 2. The molecule has 414 valence electrons. The lowest BCUT2D eigenvalue weighted by Crippen LogP contribution is -2.55. The summed E-state index contributed by atoms with van der Waals surface area (Å²) in [6.07, 6.45) is 2.10. The minimum Gasteiger partial charge on any atom is -0.491 e. The SMILES string of the molecule is C=CC(=O)N1CCN(c2nc(OC[C@@H]3C[C@@H](OCCOc4cc(-c5scnc5C)ccc4CNC(=O)[C@@H]4C[C@@H](O)CN4C(=O)[C@@H](c4cc(C)no4)C(C)C)CN3C)nc3c2CCN(c2cccc4ccccc24)C3)C[C@@H]1CC#N. The van der Waals surface area contributed by atoms with Gasteiger partial charge in [0, 0.05) is 86.5 Å². The zero-order chi connectivity index (χ0) is 55.3. The highest BCUT2D eigenvalue weighted by atomic mass is 32.1. The summed E-state index contributed by atoms with van der Waals surface area (Å²) in [6.45, 7) is 15.8. The molecule has 0 spiro atoms. The number of likely N-dealkylation sites (N-methyl/N-ethyl adjacent to an activating group) is 1. The highest BCUT2D eigenvalue weighted by Gasteiger charge is 2.43. The summed E-state index contributed by atoms with van der Waals surface area (Å²) in [7, 11) is 2.06. The molecule has 0 unspecified atom stereocenters. The smallest absolute Gasteiger partial charge is 0.318 e. The summed E-state index contributed by atoms with van der Waals surface area (Å²) in [4.78, 5) is 66.5. The second-order valence-electron chi connectivity index (χ2n) is 21.4. The molecule has 7 heterocycles. The lowest BCUT2D eigenvalue weighted by atomic mass is 9.91. The highest BCUT2D eigenvalue weighted by molar-refractivity contribution is 7.13. The average Bonchev–Trinajstić information content (AvgIpc) is 4.29. The fraction of sp³-hybridized carbons (Fsp3) is 0.458. The summed E-state index contributed by atoms with van der Waals surface area (Å²) < 4.78 is 25.0. The number of fused-ring (bicyclic) bond motifs is 2. The van der Waals surface area contributed by atoms with Crippen LogP contribution in [0.2, 0.25) is 0 Å². The number of piperazine rings is 1. The Morgan fingerprint density at radius 3 is 2.57 bits per heavy atom. The third-order valence-electron chi connectivity index (χ3n) is 15.7. The highest BCUT2D eigenvalue weighted by Crippen LogP contribution is 2.37. The molecule has 2 N–H and O–H groups in total. The van der Waals surface area contributed by atoms with E-state index in [4.69, 9.17) is 28.7 Å². The van der Waals surface area contributed by atoms with Crippen LogP contribution in [0.3, 0.4) is 0 Å². The number of hydrogen-bond acceptors (Lipinski definition) is 17. The van der Waals surface area contributed by atoms with Crippen molar-refractivity contribution in [1.82, 2.24) is 40.1 Å². The first-order chi connectivity index (χ1) is 38.3. The van der Waals surface area contributed by atoms with E-state index >= 15 is 0 Å². The number of benzene rings is 3. The Kier molecular flexibility index (Phi) is 16.9. The van der Waals surface area contributed by atoms with Gasteiger partial charge in [-0.25, -0.2) is 4.98 Å². The first kappa shape index (κ1) is 54.9. The normalized spacial score (nSPS) is 20.8. The quantitative estimate of drug-likeness (QED) is 0.0645. The number of ether oxygens (including phenoxy) is 3. The van der Waals surface area contributed by atoms with Crippen molar-refractivity contribution in [1.29, 1.82) is 5.26 Å². The molecule has 0 bridgehead atoms. The molecule has 20 heteroatoms. The first-order valence-electron chi connectivity index (χ1n) is 27.2.